The molecule has 2 saturated heterocycles. The number of carbonyl (C=O) groups excluding carboxylic acids is 2. The van der Waals surface area contributed by atoms with Crippen LogP contribution < -0.4 is 0 Å². The van der Waals surface area contributed by atoms with Crippen LogP contribution >= 0.6 is 0 Å². The monoisotopic (exact) mass is 298 g/mol. The smallest absolute Gasteiger partial charge is 0.410 e. The fourth-order valence-electron chi connectivity index (χ4n) is 2.87. The molecule has 0 atom stereocenters. The van der Waals surface area contributed by atoms with Gasteiger partial charge < -0.3 is 14.4 Å². The number of esters is 1. The third-order valence-corrected chi connectivity index (χ3v) is 4.08. The summed E-state index contributed by atoms with van der Waals surface area (Å²) in [6.07, 6.45) is 1.65. The van der Waals surface area contributed by atoms with E-state index in [2.05, 4.69) is 4.90 Å². The molecule has 2 fully saturated rings. The van der Waals surface area contributed by atoms with Crippen molar-refractivity contribution in [3.63, 3.8) is 0 Å². The lowest BCUT2D eigenvalue weighted by Gasteiger charge is -2.46. The van der Waals surface area contributed by atoms with E-state index in [0.717, 1.165) is 39.0 Å². The molecule has 0 saturated carbocycles. The molecule has 0 bridgehead atoms. The van der Waals surface area contributed by atoms with Gasteiger partial charge in [0.25, 0.3) is 0 Å². The van der Waals surface area contributed by atoms with Crippen molar-refractivity contribution in [2.24, 2.45) is 5.92 Å². The number of hydrogen-bond acceptors (Lipinski definition) is 5. The topological polar surface area (TPSA) is 59.1 Å². The largest absolute Gasteiger partial charge is 0.469 e. The van der Waals surface area contributed by atoms with Crippen LogP contribution in [0.3, 0.4) is 0 Å². The van der Waals surface area contributed by atoms with Crippen LogP contribution in [-0.2, 0) is 14.3 Å². The zero-order valence-electron chi connectivity index (χ0n) is 13.4. The van der Waals surface area contributed by atoms with Crippen molar-refractivity contribution in [3.05, 3.63) is 0 Å². The van der Waals surface area contributed by atoms with Crippen molar-refractivity contribution in [2.75, 3.05) is 33.3 Å². The van der Waals surface area contributed by atoms with Crippen LogP contribution in [0.5, 0.6) is 0 Å². The number of rotatable bonds is 2. The summed E-state index contributed by atoms with van der Waals surface area (Å²) in [6.45, 7) is 8.64. The molecule has 1 amide bonds. The summed E-state index contributed by atoms with van der Waals surface area (Å²) in [5.41, 5.74) is -0.445. The molecule has 21 heavy (non-hydrogen) atoms. The Kier molecular flexibility index (Phi) is 4.76. The average Bonchev–Trinajstić information content (AvgIpc) is 2.35. The average molecular weight is 298 g/mol. The lowest BCUT2D eigenvalue weighted by molar-refractivity contribution is -0.152. The minimum absolute atomic E-state index is 0.0267. The van der Waals surface area contributed by atoms with Gasteiger partial charge in [0.05, 0.1) is 13.0 Å². The van der Waals surface area contributed by atoms with E-state index in [-0.39, 0.29) is 18.0 Å². The summed E-state index contributed by atoms with van der Waals surface area (Å²) < 4.78 is 10.1. The molecule has 2 heterocycles. The molecule has 6 heteroatoms. The molecule has 0 aliphatic carbocycles. The minimum atomic E-state index is -0.445. The maximum atomic E-state index is 12.0. The van der Waals surface area contributed by atoms with Gasteiger partial charge in [0.15, 0.2) is 0 Å². The van der Waals surface area contributed by atoms with Crippen LogP contribution in [0.1, 0.15) is 33.6 Å². The quantitative estimate of drug-likeness (QED) is 0.723. The Balaban J connectivity index is 1.72. The van der Waals surface area contributed by atoms with Gasteiger partial charge in [-0.3, -0.25) is 9.69 Å². The molecule has 2 rings (SSSR count). The number of likely N-dealkylation sites (tertiary alicyclic amines) is 2. The van der Waals surface area contributed by atoms with Gasteiger partial charge >= 0.3 is 12.1 Å². The summed E-state index contributed by atoms with van der Waals surface area (Å²) in [5.74, 6) is -0.0867. The Morgan fingerprint density at radius 1 is 1.10 bits per heavy atom. The zero-order chi connectivity index (χ0) is 15.6. The van der Waals surface area contributed by atoms with E-state index >= 15 is 0 Å². The third kappa shape index (κ3) is 4.09. The van der Waals surface area contributed by atoms with E-state index in [1.165, 1.54) is 7.11 Å². The lowest BCUT2D eigenvalue weighted by atomic mass is 9.93. The maximum absolute atomic E-state index is 12.0. The highest BCUT2D eigenvalue weighted by Crippen LogP contribution is 2.26. The van der Waals surface area contributed by atoms with Crippen LogP contribution in [0.25, 0.3) is 0 Å². The van der Waals surface area contributed by atoms with E-state index in [4.69, 9.17) is 9.47 Å². The fraction of sp³-hybridized carbons (Fsp3) is 0.867. The predicted molar refractivity (Wildman–Crippen MR) is 77.9 cm³/mol. The highest BCUT2D eigenvalue weighted by molar-refractivity contribution is 5.73. The summed E-state index contributed by atoms with van der Waals surface area (Å²) in [5, 5.41) is 0. The van der Waals surface area contributed by atoms with Crippen molar-refractivity contribution < 1.29 is 19.1 Å². The summed E-state index contributed by atoms with van der Waals surface area (Å²) in [4.78, 5) is 27.5. The van der Waals surface area contributed by atoms with Crippen molar-refractivity contribution in [1.29, 1.82) is 0 Å². The SMILES string of the molecule is COC(=O)C1CN(C2CCN(C(=O)OC(C)(C)C)CC2)C1. The van der Waals surface area contributed by atoms with Gasteiger partial charge in [-0.25, -0.2) is 4.79 Å². The van der Waals surface area contributed by atoms with Gasteiger partial charge in [-0.2, -0.15) is 0 Å². The molecule has 0 aromatic heterocycles. The van der Waals surface area contributed by atoms with E-state index in [0.29, 0.717) is 6.04 Å². The van der Waals surface area contributed by atoms with Gasteiger partial charge in [0.1, 0.15) is 5.60 Å². The van der Waals surface area contributed by atoms with Crippen molar-refractivity contribution in [3.8, 4) is 0 Å². The van der Waals surface area contributed by atoms with E-state index in [1.807, 2.05) is 20.8 Å². The number of hydrogen-bond donors (Lipinski definition) is 0. The highest BCUT2D eigenvalue weighted by atomic mass is 16.6. The van der Waals surface area contributed by atoms with E-state index in [9.17, 15) is 9.59 Å². The number of methoxy groups -OCH3 is 1. The van der Waals surface area contributed by atoms with Crippen molar-refractivity contribution >= 4 is 12.1 Å². The first kappa shape index (κ1) is 16.1. The zero-order valence-corrected chi connectivity index (χ0v) is 13.4. The van der Waals surface area contributed by atoms with E-state index in [1.54, 1.807) is 4.90 Å². The molecule has 0 aromatic carbocycles. The highest BCUT2D eigenvalue weighted by Gasteiger charge is 2.39. The molecule has 0 unspecified atom stereocenters. The molecule has 2 aliphatic rings. The normalized spacial score (nSPS) is 21.8. The maximum Gasteiger partial charge on any atom is 0.410 e. The second-order valence-corrected chi connectivity index (χ2v) is 6.87. The number of piperidine rings is 1. The van der Waals surface area contributed by atoms with Gasteiger partial charge in [-0.1, -0.05) is 0 Å². The molecule has 0 N–H and O–H groups in total. The van der Waals surface area contributed by atoms with Crippen LogP contribution in [-0.4, -0.2) is 66.8 Å². The Hall–Kier alpha value is -1.30. The molecular weight excluding hydrogens is 272 g/mol. The molecule has 0 spiro atoms. The molecule has 2 aliphatic heterocycles. The fourth-order valence-corrected chi connectivity index (χ4v) is 2.87. The van der Waals surface area contributed by atoms with Crippen LogP contribution in [0.4, 0.5) is 4.79 Å². The Bertz CT molecular complexity index is 391. The van der Waals surface area contributed by atoms with Crippen molar-refractivity contribution in [1.82, 2.24) is 9.80 Å². The second kappa shape index (κ2) is 6.22. The summed E-state index contributed by atoms with van der Waals surface area (Å²) in [7, 11) is 1.43. The first-order valence-corrected chi connectivity index (χ1v) is 7.60. The van der Waals surface area contributed by atoms with Gasteiger partial charge in [-0.05, 0) is 33.6 Å². The van der Waals surface area contributed by atoms with Gasteiger partial charge in [-0.15, -0.1) is 0 Å². The Labute approximate surface area is 126 Å². The third-order valence-electron chi connectivity index (χ3n) is 4.08. The Morgan fingerprint density at radius 2 is 1.67 bits per heavy atom. The molecule has 0 radical (unpaired) electrons. The minimum Gasteiger partial charge on any atom is -0.469 e. The first-order valence-electron chi connectivity index (χ1n) is 7.60. The molecule has 0 aromatic rings. The lowest BCUT2D eigenvalue weighted by Crippen LogP contribution is -2.58. The van der Waals surface area contributed by atoms with Crippen LogP contribution in [0, 0.1) is 5.92 Å². The Morgan fingerprint density at radius 3 is 2.14 bits per heavy atom. The van der Waals surface area contributed by atoms with Crippen molar-refractivity contribution in [2.45, 2.75) is 45.3 Å². The standard InChI is InChI=1S/C15H26N2O4/c1-15(2,3)21-14(19)16-7-5-12(6-8-16)17-9-11(10-17)13(18)20-4/h11-12H,5-10H2,1-4H3. The number of nitrogens with zero attached hydrogens (tertiary/aromatic N) is 2. The van der Waals surface area contributed by atoms with Crippen LogP contribution in [0.15, 0.2) is 0 Å². The summed E-state index contributed by atoms with van der Waals surface area (Å²) >= 11 is 0. The molecule has 120 valence electrons. The number of ether oxygens (including phenoxy) is 2. The predicted octanol–water partition coefficient (Wildman–Crippen LogP) is 1.49. The molecule has 6 nitrogen and oxygen atoms in total. The first-order chi connectivity index (χ1) is 9.80. The second-order valence-electron chi connectivity index (χ2n) is 6.87. The summed E-state index contributed by atoms with van der Waals surface area (Å²) in [6, 6.07) is 0.463. The van der Waals surface area contributed by atoms with Gasteiger partial charge in [0, 0.05) is 32.2 Å². The van der Waals surface area contributed by atoms with Crippen LogP contribution in [0.2, 0.25) is 0 Å². The van der Waals surface area contributed by atoms with Gasteiger partial charge in [0.2, 0.25) is 0 Å². The number of carbonyl (C=O) groups is 2. The number of amides is 1. The van der Waals surface area contributed by atoms with E-state index < -0.39 is 5.60 Å². The molecular formula is C15H26N2O4.